The van der Waals surface area contributed by atoms with E-state index in [1.165, 1.54) is 0 Å². The Morgan fingerprint density at radius 2 is 0.917 bits per heavy atom. The molecule has 0 aromatic rings. The maximum atomic E-state index is 10.5. The predicted octanol–water partition coefficient (Wildman–Crippen LogP) is -6.74. The van der Waals surface area contributed by atoms with E-state index in [0.29, 0.717) is 25.7 Å². The molecule has 0 radical (unpaired) electrons. The fraction of sp³-hybridized carbons (Fsp3) is 1.00. The van der Waals surface area contributed by atoms with Gasteiger partial charge >= 0.3 is 59.1 Å². The Bertz CT molecular complexity index is 474. The summed E-state index contributed by atoms with van der Waals surface area (Å²) in [5, 5.41) is 0. The van der Waals surface area contributed by atoms with E-state index in [1.807, 2.05) is 0 Å². The van der Waals surface area contributed by atoms with Crippen LogP contribution in [0.15, 0.2) is 0 Å². The normalized spacial score (nSPS) is 17.1. The van der Waals surface area contributed by atoms with Crippen LogP contribution in [0, 0.1) is 0 Å². The Kier molecular flexibility index (Phi) is 16.1. The van der Waals surface area contributed by atoms with E-state index in [4.69, 9.17) is 0 Å². The number of nitrogens with zero attached hydrogens (tertiary/aromatic N) is 2. The topological polar surface area (TPSA) is 121 Å². The molecule has 0 saturated carbocycles. The zero-order chi connectivity index (χ0) is 16.6. The number of hydrogen-bond donors (Lipinski definition) is 0. The van der Waals surface area contributed by atoms with Gasteiger partial charge in [0.15, 0.2) is 0 Å². The van der Waals surface area contributed by atoms with Crippen molar-refractivity contribution in [1.29, 1.82) is 0 Å². The van der Waals surface area contributed by atoms with Crippen LogP contribution < -0.4 is 59.1 Å². The van der Waals surface area contributed by atoms with Gasteiger partial charge in [0.2, 0.25) is 0 Å². The second-order valence-electron chi connectivity index (χ2n) is 5.62. The number of rotatable bonds is 10. The summed E-state index contributed by atoms with van der Waals surface area (Å²) < 4.78 is 62.9. The van der Waals surface area contributed by atoms with Crippen molar-refractivity contribution in [2.45, 2.75) is 25.7 Å². The number of unbranched alkanes of at least 4 members (excludes halogenated alkanes) is 2. The van der Waals surface area contributed by atoms with E-state index in [9.17, 15) is 25.9 Å². The molecule has 0 aliphatic carbocycles. The second-order valence-corrected chi connectivity index (χ2v) is 8.67. The van der Waals surface area contributed by atoms with E-state index in [2.05, 4.69) is 9.80 Å². The minimum absolute atomic E-state index is 0. The van der Waals surface area contributed by atoms with Crippen molar-refractivity contribution in [3.63, 3.8) is 0 Å². The molecule has 1 aliphatic heterocycles. The first kappa shape index (κ1) is 28.0. The van der Waals surface area contributed by atoms with Crippen molar-refractivity contribution in [1.82, 2.24) is 9.80 Å². The molecule has 0 spiro atoms. The van der Waals surface area contributed by atoms with Gasteiger partial charge in [-0.15, -0.1) is 0 Å². The van der Waals surface area contributed by atoms with Crippen molar-refractivity contribution in [2.24, 2.45) is 0 Å². The summed E-state index contributed by atoms with van der Waals surface area (Å²) in [5.41, 5.74) is 0. The van der Waals surface area contributed by atoms with E-state index in [1.54, 1.807) is 0 Å². The first-order chi connectivity index (χ1) is 10.2. The van der Waals surface area contributed by atoms with Crippen molar-refractivity contribution in [3.8, 4) is 0 Å². The van der Waals surface area contributed by atoms with Crippen LogP contribution in [0.4, 0.5) is 0 Å². The van der Waals surface area contributed by atoms with Crippen LogP contribution in [0.25, 0.3) is 0 Å². The molecule has 1 saturated heterocycles. The van der Waals surface area contributed by atoms with Crippen LogP contribution >= 0.6 is 0 Å². The molecule has 132 valence electrons. The third-order valence-corrected chi connectivity index (χ3v) is 5.28. The summed E-state index contributed by atoms with van der Waals surface area (Å²) in [6, 6.07) is 0. The summed E-state index contributed by atoms with van der Waals surface area (Å²) in [7, 11) is -8.20. The van der Waals surface area contributed by atoms with E-state index in [-0.39, 0.29) is 70.6 Å². The van der Waals surface area contributed by atoms with Crippen LogP contribution in [0.5, 0.6) is 0 Å². The standard InChI is InChI=1S/C12H26N2O6S2.2Na/c15-21(16,17)11-3-1-5-13-7-9-14(10-8-13)6-2-4-12-22(18,19)20;;/h1-12H2,(H,15,16,17)(H,18,19,20);;/q;2*+1/p-2. The fourth-order valence-electron chi connectivity index (χ4n) is 2.47. The Morgan fingerprint density at radius 3 is 1.17 bits per heavy atom. The van der Waals surface area contributed by atoms with Crippen molar-refractivity contribution in [2.75, 3.05) is 50.8 Å². The van der Waals surface area contributed by atoms with Gasteiger partial charge < -0.3 is 18.9 Å². The molecule has 0 unspecified atom stereocenters. The molecule has 0 amide bonds. The molecule has 12 heteroatoms. The molecular weight excluding hydrogens is 378 g/mol. The average molecular weight is 402 g/mol. The molecule has 1 aliphatic rings. The average Bonchev–Trinajstić information content (AvgIpc) is 2.39. The fourth-order valence-corrected chi connectivity index (χ4v) is 3.58. The van der Waals surface area contributed by atoms with Gasteiger partial charge in [0.05, 0.1) is 20.2 Å². The summed E-state index contributed by atoms with van der Waals surface area (Å²) >= 11 is 0. The summed E-state index contributed by atoms with van der Waals surface area (Å²) in [6.07, 6.45) is 2.19. The Morgan fingerprint density at radius 1 is 0.625 bits per heavy atom. The quantitative estimate of drug-likeness (QED) is 0.201. The first-order valence-corrected chi connectivity index (χ1v) is 10.6. The van der Waals surface area contributed by atoms with Gasteiger partial charge in [0, 0.05) is 37.7 Å². The second kappa shape index (κ2) is 13.8. The largest absolute Gasteiger partial charge is 1.00 e. The Balaban J connectivity index is 0. The third-order valence-electron chi connectivity index (χ3n) is 3.70. The van der Waals surface area contributed by atoms with Gasteiger partial charge in [-0.05, 0) is 38.8 Å². The van der Waals surface area contributed by atoms with Crippen molar-refractivity contribution in [3.05, 3.63) is 0 Å². The monoisotopic (exact) mass is 402 g/mol. The van der Waals surface area contributed by atoms with Crippen LogP contribution in [0.1, 0.15) is 25.7 Å². The molecule has 0 aromatic carbocycles. The van der Waals surface area contributed by atoms with Crippen LogP contribution in [0.3, 0.4) is 0 Å². The maximum absolute atomic E-state index is 10.5. The van der Waals surface area contributed by atoms with Crippen LogP contribution in [0.2, 0.25) is 0 Å². The maximum Gasteiger partial charge on any atom is 1.00 e. The summed E-state index contributed by atoms with van der Waals surface area (Å²) in [4.78, 5) is 4.46. The SMILES string of the molecule is O=S(=O)([O-])CCCCN1CCN(CCCCS(=O)(=O)[O-])CC1.[Na+].[Na+]. The summed E-state index contributed by atoms with van der Waals surface area (Å²) in [6.45, 7) is 5.09. The van der Waals surface area contributed by atoms with E-state index in [0.717, 1.165) is 39.3 Å². The Hall–Kier alpha value is 1.74. The molecule has 0 aromatic heterocycles. The van der Waals surface area contributed by atoms with Gasteiger partial charge in [0.1, 0.15) is 0 Å². The smallest absolute Gasteiger partial charge is 0.748 e. The molecule has 0 bridgehead atoms. The number of piperazine rings is 1. The first-order valence-electron chi connectivity index (χ1n) is 7.47. The molecule has 1 fully saturated rings. The predicted molar refractivity (Wildman–Crippen MR) is 80.5 cm³/mol. The van der Waals surface area contributed by atoms with Gasteiger partial charge in [-0.1, -0.05) is 0 Å². The van der Waals surface area contributed by atoms with Crippen molar-refractivity contribution < 1.29 is 85.1 Å². The third kappa shape index (κ3) is 16.0. The zero-order valence-corrected chi connectivity index (χ0v) is 20.3. The minimum Gasteiger partial charge on any atom is -0.748 e. The molecule has 1 rings (SSSR count). The molecule has 0 atom stereocenters. The number of hydrogen-bond acceptors (Lipinski definition) is 8. The van der Waals surface area contributed by atoms with E-state index >= 15 is 0 Å². The molecule has 1 heterocycles. The minimum atomic E-state index is -4.10. The molecule has 8 nitrogen and oxygen atoms in total. The Labute approximate surface area is 189 Å². The molecular formula is C12H24N2Na2O6S2. The zero-order valence-electron chi connectivity index (χ0n) is 14.6. The van der Waals surface area contributed by atoms with Gasteiger partial charge in [0.25, 0.3) is 0 Å². The summed E-state index contributed by atoms with van der Waals surface area (Å²) in [5.74, 6) is -0.592. The van der Waals surface area contributed by atoms with E-state index < -0.39 is 20.2 Å². The van der Waals surface area contributed by atoms with Crippen molar-refractivity contribution >= 4 is 20.2 Å². The van der Waals surface area contributed by atoms with Gasteiger partial charge in [-0.2, -0.15) is 0 Å². The van der Waals surface area contributed by atoms with Gasteiger partial charge in [-0.3, -0.25) is 0 Å². The molecule has 24 heavy (non-hydrogen) atoms. The molecule has 0 N–H and O–H groups in total. The van der Waals surface area contributed by atoms with Gasteiger partial charge in [-0.25, -0.2) is 16.8 Å². The van der Waals surface area contributed by atoms with Crippen LogP contribution in [-0.4, -0.2) is 86.5 Å². The van der Waals surface area contributed by atoms with Crippen LogP contribution in [-0.2, 0) is 20.2 Å².